The van der Waals surface area contributed by atoms with Gasteiger partial charge in [-0.25, -0.2) is 0 Å². The zero-order chi connectivity index (χ0) is 5.28. The summed E-state index contributed by atoms with van der Waals surface area (Å²) in [5.41, 5.74) is 0. The van der Waals surface area contributed by atoms with Crippen molar-refractivity contribution in [2.45, 2.75) is 13.8 Å². The smallest absolute Gasteiger partial charge is 0.00388 e. The minimum atomic E-state index is 0.977. The molecule has 1 saturated heterocycles. The van der Waals surface area contributed by atoms with Gasteiger partial charge in [-0.1, -0.05) is 13.8 Å². The third-order valence-electron chi connectivity index (χ3n) is 1.73. The molecular weight excluding hydrogens is 104 g/mol. The lowest BCUT2D eigenvalue weighted by Crippen LogP contribution is -2.01. The molecule has 1 fully saturated rings. The van der Waals surface area contributed by atoms with Gasteiger partial charge in [-0.2, -0.15) is 11.8 Å². The van der Waals surface area contributed by atoms with E-state index < -0.39 is 0 Å². The van der Waals surface area contributed by atoms with Crippen LogP contribution >= 0.6 is 11.8 Å². The normalized spacial score (nSPS) is 42.0. The molecule has 1 heteroatoms. The molecule has 2 atom stereocenters. The standard InChI is InChI=1S/C6H12S/c1-5-3-7-4-6(5)2/h5-6H,3-4H2,1-2H3/t5-,6-/m1/s1. The van der Waals surface area contributed by atoms with E-state index in [2.05, 4.69) is 25.6 Å². The Bertz CT molecular complexity index is 53.2. The van der Waals surface area contributed by atoms with Crippen LogP contribution in [0.15, 0.2) is 0 Å². The van der Waals surface area contributed by atoms with Gasteiger partial charge in [-0.3, -0.25) is 0 Å². The minimum Gasteiger partial charge on any atom is -0.161 e. The van der Waals surface area contributed by atoms with Crippen LogP contribution in [0.25, 0.3) is 0 Å². The van der Waals surface area contributed by atoms with Crippen LogP contribution in [0, 0.1) is 11.8 Å². The molecule has 0 aromatic carbocycles. The van der Waals surface area contributed by atoms with Crippen molar-refractivity contribution in [3.63, 3.8) is 0 Å². The van der Waals surface area contributed by atoms with Gasteiger partial charge in [0.15, 0.2) is 0 Å². The lowest BCUT2D eigenvalue weighted by molar-refractivity contribution is 0.494. The van der Waals surface area contributed by atoms with Crippen LogP contribution in [-0.4, -0.2) is 11.5 Å². The molecule has 0 radical (unpaired) electrons. The Labute approximate surface area is 49.7 Å². The van der Waals surface area contributed by atoms with Crippen LogP contribution in [0.5, 0.6) is 0 Å². The number of thioether (sulfide) groups is 1. The largest absolute Gasteiger partial charge is 0.161 e. The fraction of sp³-hybridized carbons (Fsp3) is 1.00. The van der Waals surface area contributed by atoms with Crippen molar-refractivity contribution in [1.82, 2.24) is 0 Å². The summed E-state index contributed by atoms with van der Waals surface area (Å²) in [6.07, 6.45) is 0. The van der Waals surface area contributed by atoms with Crippen LogP contribution in [-0.2, 0) is 0 Å². The van der Waals surface area contributed by atoms with Crippen molar-refractivity contribution in [3.8, 4) is 0 Å². The van der Waals surface area contributed by atoms with Gasteiger partial charge in [0, 0.05) is 0 Å². The first kappa shape index (κ1) is 5.49. The maximum atomic E-state index is 2.34. The summed E-state index contributed by atoms with van der Waals surface area (Å²) in [5, 5.41) is 0. The zero-order valence-corrected chi connectivity index (χ0v) is 5.79. The molecule has 42 valence electrons. The van der Waals surface area contributed by atoms with Crippen LogP contribution in [0.3, 0.4) is 0 Å². The first-order valence-corrected chi connectivity index (χ1v) is 4.04. The minimum absolute atomic E-state index is 0.977. The van der Waals surface area contributed by atoms with Crippen molar-refractivity contribution in [1.29, 1.82) is 0 Å². The average molecular weight is 116 g/mol. The lowest BCUT2D eigenvalue weighted by Gasteiger charge is -2.03. The highest BCUT2D eigenvalue weighted by Crippen LogP contribution is 2.28. The molecule has 0 bridgehead atoms. The predicted molar refractivity (Wildman–Crippen MR) is 35.7 cm³/mol. The van der Waals surface area contributed by atoms with E-state index in [9.17, 15) is 0 Å². The Balaban J connectivity index is 2.33. The van der Waals surface area contributed by atoms with Crippen molar-refractivity contribution in [2.24, 2.45) is 11.8 Å². The van der Waals surface area contributed by atoms with Gasteiger partial charge in [0.1, 0.15) is 0 Å². The van der Waals surface area contributed by atoms with Gasteiger partial charge in [-0.15, -0.1) is 0 Å². The summed E-state index contributed by atoms with van der Waals surface area (Å²) in [7, 11) is 0. The molecule has 0 N–H and O–H groups in total. The number of hydrogen-bond donors (Lipinski definition) is 0. The molecule has 0 aliphatic carbocycles. The third kappa shape index (κ3) is 1.12. The molecule has 0 nitrogen and oxygen atoms in total. The fourth-order valence-corrected chi connectivity index (χ4v) is 2.31. The van der Waals surface area contributed by atoms with Crippen LogP contribution in [0.4, 0.5) is 0 Å². The molecular formula is C6H12S. The summed E-state index contributed by atoms with van der Waals surface area (Å²) in [6, 6.07) is 0. The molecule has 0 spiro atoms. The van der Waals surface area contributed by atoms with Crippen molar-refractivity contribution in [2.75, 3.05) is 11.5 Å². The van der Waals surface area contributed by atoms with Gasteiger partial charge in [0.05, 0.1) is 0 Å². The summed E-state index contributed by atoms with van der Waals surface area (Å²) in [4.78, 5) is 0. The van der Waals surface area contributed by atoms with Gasteiger partial charge in [0.2, 0.25) is 0 Å². The second-order valence-corrected chi connectivity index (χ2v) is 3.57. The first-order chi connectivity index (χ1) is 3.30. The van der Waals surface area contributed by atoms with Gasteiger partial charge >= 0.3 is 0 Å². The molecule has 0 amide bonds. The summed E-state index contributed by atoms with van der Waals surface area (Å²) in [6.45, 7) is 4.68. The Kier molecular flexibility index (Phi) is 1.63. The van der Waals surface area contributed by atoms with E-state index >= 15 is 0 Å². The monoisotopic (exact) mass is 116 g/mol. The van der Waals surface area contributed by atoms with Crippen LogP contribution in [0.2, 0.25) is 0 Å². The third-order valence-corrected chi connectivity index (χ3v) is 3.26. The lowest BCUT2D eigenvalue weighted by atomic mass is 10.0. The summed E-state index contributed by atoms with van der Waals surface area (Å²) >= 11 is 2.09. The molecule has 1 heterocycles. The van der Waals surface area contributed by atoms with Gasteiger partial charge in [-0.05, 0) is 23.3 Å². The van der Waals surface area contributed by atoms with E-state index in [0.29, 0.717) is 0 Å². The second-order valence-electron chi connectivity index (χ2n) is 2.49. The molecule has 0 unspecified atom stereocenters. The maximum Gasteiger partial charge on any atom is -0.00388 e. The predicted octanol–water partition coefficient (Wildman–Crippen LogP) is 2.01. The first-order valence-electron chi connectivity index (χ1n) is 2.88. The average Bonchev–Trinajstić information content (AvgIpc) is 1.91. The van der Waals surface area contributed by atoms with E-state index in [1.807, 2.05) is 0 Å². The van der Waals surface area contributed by atoms with E-state index in [4.69, 9.17) is 0 Å². The zero-order valence-electron chi connectivity index (χ0n) is 4.98. The molecule has 7 heavy (non-hydrogen) atoms. The molecule has 1 aliphatic heterocycles. The Morgan fingerprint density at radius 2 is 1.57 bits per heavy atom. The molecule has 0 saturated carbocycles. The van der Waals surface area contributed by atoms with E-state index in [0.717, 1.165) is 11.8 Å². The summed E-state index contributed by atoms with van der Waals surface area (Å²) < 4.78 is 0. The van der Waals surface area contributed by atoms with Crippen LogP contribution < -0.4 is 0 Å². The van der Waals surface area contributed by atoms with Gasteiger partial charge < -0.3 is 0 Å². The number of hydrogen-bond acceptors (Lipinski definition) is 1. The summed E-state index contributed by atoms with van der Waals surface area (Å²) in [5.74, 6) is 4.73. The second kappa shape index (κ2) is 2.08. The van der Waals surface area contributed by atoms with E-state index in [1.165, 1.54) is 11.5 Å². The topological polar surface area (TPSA) is 0 Å². The van der Waals surface area contributed by atoms with E-state index in [-0.39, 0.29) is 0 Å². The number of rotatable bonds is 0. The Morgan fingerprint density at radius 1 is 1.14 bits per heavy atom. The maximum absolute atomic E-state index is 2.34. The molecule has 0 aromatic rings. The molecule has 1 aliphatic rings. The van der Waals surface area contributed by atoms with Gasteiger partial charge in [0.25, 0.3) is 0 Å². The SMILES string of the molecule is C[C@@H]1CSC[C@H]1C. The van der Waals surface area contributed by atoms with E-state index in [1.54, 1.807) is 0 Å². The van der Waals surface area contributed by atoms with Crippen molar-refractivity contribution < 1.29 is 0 Å². The molecule has 1 rings (SSSR count). The van der Waals surface area contributed by atoms with Crippen molar-refractivity contribution >= 4 is 11.8 Å². The highest BCUT2D eigenvalue weighted by atomic mass is 32.2. The quantitative estimate of drug-likeness (QED) is 0.466. The molecule has 0 aromatic heterocycles. The Hall–Kier alpha value is 0.350. The van der Waals surface area contributed by atoms with Crippen LogP contribution in [0.1, 0.15) is 13.8 Å². The Morgan fingerprint density at radius 3 is 1.71 bits per heavy atom. The fourth-order valence-electron chi connectivity index (χ4n) is 0.768. The highest BCUT2D eigenvalue weighted by molar-refractivity contribution is 7.99. The van der Waals surface area contributed by atoms with Crippen molar-refractivity contribution in [3.05, 3.63) is 0 Å². The highest BCUT2D eigenvalue weighted by Gasteiger charge is 2.18.